The predicted octanol–water partition coefficient (Wildman–Crippen LogP) is 4.35. The number of rotatable bonds is 6. The monoisotopic (exact) mass is 532 g/mol. The van der Waals surface area contributed by atoms with Gasteiger partial charge in [0.15, 0.2) is 0 Å². The molecular weight excluding hydrogens is 507 g/mol. The number of anilines is 1. The molecule has 3 aromatic rings. The summed E-state index contributed by atoms with van der Waals surface area (Å²) in [5.41, 5.74) is 2.76. The number of hydrogen-bond acceptors (Lipinski definition) is 5. The van der Waals surface area contributed by atoms with Gasteiger partial charge in [-0.2, -0.15) is 4.31 Å². The molecule has 1 aliphatic heterocycles. The highest BCUT2D eigenvalue weighted by molar-refractivity contribution is 9.10. The van der Waals surface area contributed by atoms with E-state index < -0.39 is 10.0 Å². The van der Waals surface area contributed by atoms with Crippen LogP contribution in [0.25, 0.3) is 0 Å². The van der Waals surface area contributed by atoms with Gasteiger partial charge in [0.05, 0.1) is 4.90 Å². The van der Waals surface area contributed by atoms with Gasteiger partial charge in [-0.1, -0.05) is 35.0 Å². The van der Waals surface area contributed by atoms with Gasteiger partial charge in [-0.3, -0.25) is 0 Å². The molecule has 0 radical (unpaired) electrons. The van der Waals surface area contributed by atoms with Crippen molar-refractivity contribution in [2.45, 2.75) is 31.6 Å². The zero-order valence-electron chi connectivity index (χ0n) is 18.6. The van der Waals surface area contributed by atoms with Crippen molar-refractivity contribution in [3.63, 3.8) is 0 Å². The fraction of sp³-hybridized carbons (Fsp3) is 0.333. The van der Waals surface area contributed by atoms with E-state index in [-0.39, 0.29) is 10.7 Å². The molecule has 6 nitrogen and oxygen atoms in total. The van der Waals surface area contributed by atoms with Crippen molar-refractivity contribution >= 4 is 31.8 Å². The van der Waals surface area contributed by atoms with Gasteiger partial charge >= 0.3 is 0 Å². The van der Waals surface area contributed by atoms with Crippen molar-refractivity contribution in [2.75, 3.05) is 31.1 Å². The molecule has 1 saturated heterocycles. The molecule has 0 amide bonds. The average molecular weight is 533 g/mol. The van der Waals surface area contributed by atoms with Crippen molar-refractivity contribution in [3.05, 3.63) is 81.5 Å². The summed E-state index contributed by atoms with van der Waals surface area (Å²) < 4.78 is 42.3. The Morgan fingerprint density at radius 1 is 1.03 bits per heavy atom. The number of nitrogens with zero attached hydrogens (tertiary/aromatic N) is 4. The fourth-order valence-corrected chi connectivity index (χ4v) is 5.81. The van der Waals surface area contributed by atoms with Crippen molar-refractivity contribution in [3.8, 4) is 0 Å². The molecule has 0 N–H and O–H groups in total. The third-order valence-corrected chi connectivity index (χ3v) is 8.22. The highest BCUT2D eigenvalue weighted by Crippen LogP contribution is 2.27. The number of halogens is 2. The number of sulfonamides is 1. The van der Waals surface area contributed by atoms with E-state index in [2.05, 4.69) is 25.8 Å². The van der Waals surface area contributed by atoms with Crippen LogP contribution in [0.4, 0.5) is 10.2 Å². The summed E-state index contributed by atoms with van der Waals surface area (Å²) in [6.07, 6.45) is 1.26. The highest BCUT2D eigenvalue weighted by Gasteiger charge is 2.30. The van der Waals surface area contributed by atoms with Crippen LogP contribution in [0.1, 0.15) is 29.6 Å². The maximum atomic E-state index is 13.8. The summed E-state index contributed by atoms with van der Waals surface area (Å²) in [5.74, 6) is 1.21. The van der Waals surface area contributed by atoms with Crippen molar-refractivity contribution in [1.82, 2.24) is 14.3 Å². The largest absolute Gasteiger partial charge is 0.354 e. The lowest BCUT2D eigenvalue weighted by atomic mass is 10.0. The number of piperazine rings is 1. The molecule has 174 valence electrons. The van der Waals surface area contributed by atoms with Crippen molar-refractivity contribution in [2.24, 2.45) is 0 Å². The maximum absolute atomic E-state index is 13.8. The van der Waals surface area contributed by atoms with Crippen LogP contribution in [0.15, 0.2) is 57.9 Å². The Morgan fingerprint density at radius 2 is 1.73 bits per heavy atom. The minimum atomic E-state index is -3.56. The van der Waals surface area contributed by atoms with Crippen LogP contribution in [0.2, 0.25) is 0 Å². The second-order valence-electron chi connectivity index (χ2n) is 8.02. The first-order valence-corrected chi connectivity index (χ1v) is 13.1. The van der Waals surface area contributed by atoms with E-state index in [1.54, 1.807) is 30.3 Å². The summed E-state index contributed by atoms with van der Waals surface area (Å²) in [5, 5.41) is 0. The standard InChI is InChI=1S/C24H26BrFN4O2S/c1-3-23-22(16-18-5-4-6-20(26)15-18)24(28-17(2)27-23)29-11-13-30(14-12-29)33(31,32)21-9-7-19(25)8-10-21/h4-10,15H,3,11-14,16H2,1-2H3. The first kappa shape index (κ1) is 23.8. The third kappa shape index (κ3) is 5.26. The Hall–Kier alpha value is -2.36. The minimum absolute atomic E-state index is 0.271. The molecular formula is C24H26BrFN4O2S. The predicted molar refractivity (Wildman–Crippen MR) is 130 cm³/mol. The third-order valence-electron chi connectivity index (χ3n) is 5.78. The number of benzene rings is 2. The molecule has 4 rings (SSSR count). The summed E-state index contributed by atoms with van der Waals surface area (Å²) in [4.78, 5) is 11.8. The van der Waals surface area contributed by atoms with Crippen LogP contribution < -0.4 is 4.90 Å². The van der Waals surface area contributed by atoms with Gasteiger partial charge in [-0.05, 0) is 55.3 Å². The van der Waals surface area contributed by atoms with Crippen LogP contribution in [0.3, 0.4) is 0 Å². The first-order valence-electron chi connectivity index (χ1n) is 10.9. The van der Waals surface area contributed by atoms with Crippen LogP contribution in [-0.4, -0.2) is 48.9 Å². The Bertz CT molecular complexity index is 1240. The van der Waals surface area contributed by atoms with Crippen molar-refractivity contribution < 1.29 is 12.8 Å². The molecule has 9 heteroatoms. The van der Waals surface area contributed by atoms with Gasteiger partial charge in [0, 0.05) is 48.3 Å². The molecule has 0 bridgehead atoms. The summed E-state index contributed by atoms with van der Waals surface area (Å²) >= 11 is 3.35. The number of aromatic nitrogens is 2. The number of aryl methyl sites for hydroxylation is 2. The van der Waals surface area contributed by atoms with Crippen LogP contribution >= 0.6 is 15.9 Å². The Labute approximate surface area is 202 Å². The topological polar surface area (TPSA) is 66.4 Å². The smallest absolute Gasteiger partial charge is 0.243 e. The van der Waals surface area contributed by atoms with Gasteiger partial charge in [0.1, 0.15) is 17.5 Å². The van der Waals surface area contributed by atoms with E-state index >= 15 is 0 Å². The molecule has 2 aromatic carbocycles. The number of hydrogen-bond donors (Lipinski definition) is 0. The molecule has 0 spiro atoms. The fourth-order valence-electron chi connectivity index (χ4n) is 4.12. The maximum Gasteiger partial charge on any atom is 0.243 e. The van der Waals surface area contributed by atoms with E-state index in [0.717, 1.165) is 33.5 Å². The second kappa shape index (κ2) is 9.87. The molecule has 0 aliphatic carbocycles. The summed E-state index contributed by atoms with van der Waals surface area (Å²) in [6.45, 7) is 5.67. The molecule has 2 heterocycles. The lowest BCUT2D eigenvalue weighted by molar-refractivity contribution is 0.383. The quantitative estimate of drug-likeness (QED) is 0.472. The molecule has 1 aliphatic rings. The normalized spacial score (nSPS) is 15.1. The lowest BCUT2D eigenvalue weighted by Crippen LogP contribution is -2.49. The molecule has 0 saturated carbocycles. The van der Waals surface area contributed by atoms with Crippen LogP contribution in [0.5, 0.6) is 0 Å². The zero-order valence-corrected chi connectivity index (χ0v) is 21.0. The van der Waals surface area contributed by atoms with E-state index in [9.17, 15) is 12.8 Å². The second-order valence-corrected chi connectivity index (χ2v) is 10.9. The Balaban J connectivity index is 1.59. The van der Waals surface area contributed by atoms with E-state index in [1.165, 1.54) is 16.4 Å². The first-order chi connectivity index (χ1) is 15.8. The van der Waals surface area contributed by atoms with Gasteiger partial charge in [-0.25, -0.2) is 22.8 Å². The minimum Gasteiger partial charge on any atom is -0.354 e. The van der Waals surface area contributed by atoms with E-state index in [4.69, 9.17) is 4.98 Å². The molecule has 1 aromatic heterocycles. The summed E-state index contributed by atoms with van der Waals surface area (Å²) in [7, 11) is -3.56. The summed E-state index contributed by atoms with van der Waals surface area (Å²) in [6, 6.07) is 13.3. The van der Waals surface area contributed by atoms with Gasteiger partial charge in [0.2, 0.25) is 10.0 Å². The van der Waals surface area contributed by atoms with Crippen LogP contribution in [-0.2, 0) is 22.9 Å². The Morgan fingerprint density at radius 3 is 2.36 bits per heavy atom. The molecule has 0 atom stereocenters. The molecule has 0 unspecified atom stereocenters. The molecule has 1 fully saturated rings. The van der Waals surface area contributed by atoms with Gasteiger partial charge in [0.25, 0.3) is 0 Å². The molecule has 33 heavy (non-hydrogen) atoms. The lowest BCUT2D eigenvalue weighted by Gasteiger charge is -2.36. The van der Waals surface area contributed by atoms with Gasteiger partial charge in [-0.15, -0.1) is 0 Å². The van der Waals surface area contributed by atoms with Gasteiger partial charge < -0.3 is 4.90 Å². The van der Waals surface area contributed by atoms with E-state index in [1.807, 2.05) is 19.9 Å². The SMILES string of the molecule is CCc1nc(C)nc(N2CCN(S(=O)(=O)c3ccc(Br)cc3)CC2)c1Cc1cccc(F)c1. The zero-order chi connectivity index (χ0) is 23.6. The van der Waals surface area contributed by atoms with Crippen molar-refractivity contribution in [1.29, 1.82) is 0 Å². The highest BCUT2D eigenvalue weighted by atomic mass is 79.9. The Kier molecular flexibility index (Phi) is 7.11. The average Bonchev–Trinajstić information content (AvgIpc) is 2.80. The van der Waals surface area contributed by atoms with Crippen LogP contribution in [0, 0.1) is 12.7 Å². The van der Waals surface area contributed by atoms with E-state index in [0.29, 0.717) is 38.4 Å².